The molecule has 3 aromatic rings. The minimum absolute atomic E-state index is 0.0181. The van der Waals surface area contributed by atoms with Crippen LogP contribution in [0.2, 0.25) is 5.02 Å². The van der Waals surface area contributed by atoms with E-state index in [1.54, 1.807) is 7.11 Å². The molecule has 2 aromatic carbocycles. The Morgan fingerprint density at radius 3 is 2.69 bits per heavy atom. The van der Waals surface area contributed by atoms with E-state index in [-0.39, 0.29) is 24.4 Å². The van der Waals surface area contributed by atoms with E-state index in [9.17, 15) is 0 Å². The van der Waals surface area contributed by atoms with Crippen molar-refractivity contribution in [2.75, 3.05) is 51.9 Å². The van der Waals surface area contributed by atoms with Crippen LogP contribution in [0.1, 0.15) is 0 Å². The predicted octanol–water partition coefficient (Wildman–Crippen LogP) is 4.04. The minimum Gasteiger partial charge on any atom is -0.493 e. The number of hydrogen-bond acceptors (Lipinski definition) is 9. The van der Waals surface area contributed by atoms with Gasteiger partial charge in [-0.25, -0.2) is 9.97 Å². The molecule has 3 aliphatic heterocycles. The number of nitrogens with zero attached hydrogens (tertiary/aromatic N) is 3. The van der Waals surface area contributed by atoms with Gasteiger partial charge in [-0.15, -0.1) is 0 Å². The minimum atomic E-state index is -0.239. The monoisotopic (exact) mass is 576 g/mol. The Morgan fingerprint density at radius 2 is 1.89 bits per heavy atom. The number of hydrogen-bond donors (Lipinski definition) is 1. The first-order valence-corrected chi connectivity index (χ1v) is 13.0. The van der Waals surface area contributed by atoms with E-state index >= 15 is 0 Å². The second kappa shape index (κ2) is 10.3. The molecular formula is C25H26BrClN4O5. The third kappa shape index (κ3) is 4.62. The zero-order valence-corrected chi connectivity index (χ0v) is 22.0. The number of fused-ring (bicyclic) bond motifs is 2. The first kappa shape index (κ1) is 24.1. The van der Waals surface area contributed by atoms with Crippen molar-refractivity contribution in [2.24, 2.45) is 0 Å². The van der Waals surface area contributed by atoms with E-state index in [2.05, 4.69) is 36.1 Å². The number of methoxy groups -OCH3 is 1. The summed E-state index contributed by atoms with van der Waals surface area (Å²) in [7, 11) is 1.62. The lowest BCUT2D eigenvalue weighted by molar-refractivity contribution is -0.0221. The van der Waals surface area contributed by atoms with Crippen molar-refractivity contribution >= 4 is 49.9 Å². The van der Waals surface area contributed by atoms with Gasteiger partial charge in [-0.05, 0) is 40.2 Å². The Kier molecular flexibility index (Phi) is 6.89. The molecule has 36 heavy (non-hydrogen) atoms. The van der Waals surface area contributed by atoms with E-state index in [4.69, 9.17) is 35.3 Å². The van der Waals surface area contributed by atoms with Gasteiger partial charge in [0.15, 0.2) is 17.6 Å². The molecule has 1 N–H and O–H groups in total. The molecule has 6 rings (SSSR count). The highest BCUT2D eigenvalue weighted by Crippen LogP contribution is 2.39. The average Bonchev–Trinajstić information content (AvgIpc) is 3.49. The molecule has 3 saturated heterocycles. The van der Waals surface area contributed by atoms with Crippen LogP contribution in [0.4, 0.5) is 11.5 Å². The maximum absolute atomic E-state index is 6.42. The Bertz CT molecular complexity index is 1260. The maximum atomic E-state index is 6.42. The van der Waals surface area contributed by atoms with Gasteiger partial charge in [0.25, 0.3) is 0 Å². The molecule has 9 nitrogen and oxygen atoms in total. The van der Waals surface area contributed by atoms with Crippen molar-refractivity contribution in [1.29, 1.82) is 0 Å². The van der Waals surface area contributed by atoms with Crippen LogP contribution < -0.4 is 14.8 Å². The topological polar surface area (TPSA) is 87.2 Å². The summed E-state index contributed by atoms with van der Waals surface area (Å²) in [5, 5.41) is 4.72. The number of morpholine rings is 1. The third-order valence-corrected chi connectivity index (χ3v) is 8.11. The number of halogens is 2. The summed E-state index contributed by atoms with van der Waals surface area (Å²) in [4.78, 5) is 11.3. The molecule has 11 heteroatoms. The van der Waals surface area contributed by atoms with Gasteiger partial charge < -0.3 is 29.0 Å². The van der Waals surface area contributed by atoms with Gasteiger partial charge in [0.05, 0.1) is 50.1 Å². The Morgan fingerprint density at radius 1 is 1.06 bits per heavy atom. The largest absolute Gasteiger partial charge is 0.493 e. The molecule has 3 fully saturated rings. The molecule has 0 bridgehead atoms. The molecule has 3 aliphatic rings. The molecule has 1 aromatic heterocycles. The number of anilines is 2. The second-order valence-corrected chi connectivity index (χ2v) is 10.2. The average molecular weight is 578 g/mol. The van der Waals surface area contributed by atoms with Crippen molar-refractivity contribution < 1.29 is 23.7 Å². The van der Waals surface area contributed by atoms with Crippen molar-refractivity contribution in [3.05, 3.63) is 46.2 Å². The van der Waals surface area contributed by atoms with Crippen LogP contribution in [0, 0.1) is 0 Å². The van der Waals surface area contributed by atoms with Crippen LogP contribution in [-0.4, -0.2) is 85.8 Å². The molecular weight excluding hydrogens is 552 g/mol. The highest BCUT2D eigenvalue weighted by Gasteiger charge is 2.51. The van der Waals surface area contributed by atoms with Gasteiger partial charge in [0.2, 0.25) is 0 Å². The van der Waals surface area contributed by atoms with E-state index in [1.165, 1.54) is 6.33 Å². The molecule has 4 heterocycles. The van der Waals surface area contributed by atoms with Gasteiger partial charge >= 0.3 is 0 Å². The van der Waals surface area contributed by atoms with Gasteiger partial charge in [-0.3, -0.25) is 4.90 Å². The number of rotatable bonds is 6. The fourth-order valence-electron chi connectivity index (χ4n) is 5.06. The Balaban J connectivity index is 1.23. The molecule has 0 spiro atoms. The zero-order valence-electron chi connectivity index (χ0n) is 19.7. The summed E-state index contributed by atoms with van der Waals surface area (Å²) < 4.78 is 30.8. The lowest BCUT2D eigenvalue weighted by Crippen LogP contribution is -2.49. The SMILES string of the molecule is COc1cc2c(Nc3ccc(Br)c(Cl)c3)ncnc2cc1O[C@@H]1CO[C@@H]2C1OCC2N1CCOCC1. The van der Waals surface area contributed by atoms with Crippen LogP contribution >= 0.6 is 27.5 Å². The van der Waals surface area contributed by atoms with Crippen LogP contribution in [-0.2, 0) is 14.2 Å². The fourth-order valence-corrected chi connectivity index (χ4v) is 5.48. The Hall–Kier alpha value is -2.21. The molecule has 0 aliphatic carbocycles. The highest BCUT2D eigenvalue weighted by molar-refractivity contribution is 9.10. The van der Waals surface area contributed by atoms with Gasteiger partial charge in [-0.1, -0.05) is 11.6 Å². The van der Waals surface area contributed by atoms with Crippen LogP contribution in [0.5, 0.6) is 11.5 Å². The van der Waals surface area contributed by atoms with Gasteiger partial charge in [0.1, 0.15) is 24.4 Å². The lowest BCUT2D eigenvalue weighted by Gasteiger charge is -2.33. The molecule has 2 unspecified atom stereocenters. The Labute approximate surface area is 222 Å². The normalized spacial score (nSPS) is 26.2. The first-order valence-electron chi connectivity index (χ1n) is 11.9. The number of aromatic nitrogens is 2. The summed E-state index contributed by atoms with van der Waals surface area (Å²) in [5.74, 6) is 1.81. The first-order chi connectivity index (χ1) is 17.6. The van der Waals surface area contributed by atoms with Crippen molar-refractivity contribution in [3.8, 4) is 11.5 Å². The predicted molar refractivity (Wildman–Crippen MR) is 139 cm³/mol. The number of ether oxygens (including phenoxy) is 5. The maximum Gasteiger partial charge on any atom is 0.164 e. The van der Waals surface area contributed by atoms with E-state index in [1.807, 2.05) is 30.3 Å². The van der Waals surface area contributed by atoms with Gasteiger partial charge in [0, 0.05) is 34.7 Å². The van der Waals surface area contributed by atoms with Gasteiger partial charge in [-0.2, -0.15) is 0 Å². The van der Waals surface area contributed by atoms with Crippen molar-refractivity contribution in [1.82, 2.24) is 14.9 Å². The summed E-state index contributed by atoms with van der Waals surface area (Å²) in [6.07, 6.45) is 1.12. The van der Waals surface area contributed by atoms with Crippen molar-refractivity contribution in [2.45, 2.75) is 24.4 Å². The zero-order chi connectivity index (χ0) is 24.6. The molecule has 0 saturated carbocycles. The third-order valence-electron chi connectivity index (χ3n) is 6.88. The summed E-state index contributed by atoms with van der Waals surface area (Å²) >= 11 is 9.67. The molecule has 0 amide bonds. The van der Waals surface area contributed by atoms with E-state index < -0.39 is 0 Å². The number of nitrogens with one attached hydrogen (secondary N) is 1. The second-order valence-electron chi connectivity index (χ2n) is 8.96. The van der Waals surface area contributed by atoms with Crippen LogP contribution in [0.15, 0.2) is 41.1 Å². The highest BCUT2D eigenvalue weighted by atomic mass is 79.9. The van der Waals surface area contributed by atoms with Crippen LogP contribution in [0.25, 0.3) is 10.9 Å². The molecule has 190 valence electrons. The quantitative estimate of drug-likeness (QED) is 0.466. The van der Waals surface area contributed by atoms with E-state index in [0.717, 1.165) is 47.4 Å². The van der Waals surface area contributed by atoms with Crippen molar-refractivity contribution in [3.63, 3.8) is 0 Å². The lowest BCUT2D eigenvalue weighted by atomic mass is 10.1. The van der Waals surface area contributed by atoms with E-state index in [0.29, 0.717) is 35.6 Å². The molecule has 0 radical (unpaired) electrons. The smallest absolute Gasteiger partial charge is 0.164 e. The summed E-state index contributed by atoms with van der Waals surface area (Å²) in [5.41, 5.74) is 1.53. The number of benzene rings is 2. The summed E-state index contributed by atoms with van der Waals surface area (Å²) in [6, 6.07) is 9.60. The fraction of sp³-hybridized carbons (Fsp3) is 0.440. The van der Waals surface area contributed by atoms with Crippen LogP contribution in [0.3, 0.4) is 0 Å². The standard InChI is InChI=1S/C25H26BrClN4O5/c1-32-20-9-15-18(28-13-29-25(15)30-14-2-3-16(26)17(27)8-14)10-21(20)36-22-12-35-23-19(11-34-24(22)23)31-4-6-33-7-5-31/h2-3,8-10,13,19,22-24H,4-7,11-12H2,1H3,(H,28,29,30)/t19?,22-,23+,24?/m1/s1. The molecule has 4 atom stereocenters. The summed E-state index contributed by atoms with van der Waals surface area (Å²) in [6.45, 7) is 4.37.